The average Bonchev–Trinajstić information content (AvgIpc) is 2.41. The van der Waals surface area contributed by atoms with Gasteiger partial charge in [0.15, 0.2) is 0 Å². The Labute approximate surface area is 133 Å². The second-order valence-electron chi connectivity index (χ2n) is 5.10. The van der Waals surface area contributed by atoms with Gasteiger partial charge in [0.05, 0.1) is 29.4 Å². The molecule has 5 nitrogen and oxygen atoms in total. The molecule has 1 atom stereocenters. The van der Waals surface area contributed by atoms with Crippen molar-refractivity contribution in [3.63, 3.8) is 0 Å². The molecular formula is C15H16F2N2O3S. The van der Waals surface area contributed by atoms with Gasteiger partial charge in [0.25, 0.3) is 0 Å². The average molecular weight is 342 g/mol. The Kier molecular flexibility index (Phi) is 4.86. The molecule has 2 aromatic rings. The molecule has 0 aliphatic rings. The monoisotopic (exact) mass is 342 g/mol. The van der Waals surface area contributed by atoms with E-state index in [-0.39, 0.29) is 17.1 Å². The number of halogens is 2. The third-order valence-electron chi connectivity index (χ3n) is 3.02. The first-order valence-corrected chi connectivity index (χ1v) is 8.57. The van der Waals surface area contributed by atoms with Gasteiger partial charge in [0.1, 0.15) is 11.6 Å². The zero-order valence-corrected chi connectivity index (χ0v) is 13.3. The smallest absolute Gasteiger partial charge is 0.229 e. The summed E-state index contributed by atoms with van der Waals surface area (Å²) < 4.78 is 51.9. The van der Waals surface area contributed by atoms with Crippen molar-refractivity contribution in [2.45, 2.75) is 13.0 Å². The number of aliphatic hydroxyl groups is 1. The van der Waals surface area contributed by atoms with Gasteiger partial charge in [-0.2, -0.15) is 0 Å². The predicted octanol–water partition coefficient (Wildman–Crippen LogP) is 3.13. The zero-order chi connectivity index (χ0) is 17.2. The molecule has 23 heavy (non-hydrogen) atoms. The molecule has 2 aromatic carbocycles. The molecule has 1 unspecified atom stereocenters. The highest BCUT2D eigenvalue weighted by Crippen LogP contribution is 2.30. The number of hydrogen-bond donors (Lipinski definition) is 3. The van der Waals surface area contributed by atoms with Gasteiger partial charge in [-0.05, 0) is 36.8 Å². The molecule has 0 saturated heterocycles. The fourth-order valence-corrected chi connectivity index (χ4v) is 2.53. The standard InChI is InChI=1S/C15H16F2N2O3S/c1-9(20)10-3-5-14(19-23(2,21)22)15(7-10)18-13-6-4-11(16)8-12(13)17/h3-9,18-20H,1-2H3. The Morgan fingerprint density at radius 2 is 1.70 bits per heavy atom. The van der Waals surface area contributed by atoms with Crippen LogP contribution in [0.5, 0.6) is 0 Å². The van der Waals surface area contributed by atoms with Crippen molar-refractivity contribution in [2.24, 2.45) is 0 Å². The second kappa shape index (κ2) is 6.51. The van der Waals surface area contributed by atoms with Crippen molar-refractivity contribution in [1.82, 2.24) is 0 Å². The summed E-state index contributed by atoms with van der Waals surface area (Å²) in [7, 11) is -3.55. The van der Waals surface area contributed by atoms with Crippen molar-refractivity contribution >= 4 is 27.1 Å². The molecule has 0 saturated carbocycles. The molecule has 3 N–H and O–H groups in total. The van der Waals surface area contributed by atoms with Crippen molar-refractivity contribution in [3.05, 3.63) is 53.6 Å². The van der Waals surface area contributed by atoms with E-state index in [0.717, 1.165) is 12.3 Å². The Hall–Kier alpha value is -2.19. The van der Waals surface area contributed by atoms with Gasteiger partial charge < -0.3 is 10.4 Å². The molecule has 2 rings (SSSR count). The maximum atomic E-state index is 13.8. The van der Waals surface area contributed by atoms with Gasteiger partial charge in [-0.1, -0.05) is 6.07 Å². The van der Waals surface area contributed by atoms with Gasteiger partial charge in [0.2, 0.25) is 10.0 Å². The van der Waals surface area contributed by atoms with E-state index in [2.05, 4.69) is 10.0 Å². The van der Waals surface area contributed by atoms with E-state index < -0.39 is 27.8 Å². The van der Waals surface area contributed by atoms with Crippen molar-refractivity contribution in [3.8, 4) is 0 Å². The normalized spacial score (nSPS) is 12.7. The van der Waals surface area contributed by atoms with Crippen LogP contribution in [-0.2, 0) is 10.0 Å². The Bertz CT molecular complexity index is 823. The second-order valence-corrected chi connectivity index (χ2v) is 6.85. The number of hydrogen-bond acceptors (Lipinski definition) is 4. The Morgan fingerprint density at radius 1 is 1.04 bits per heavy atom. The number of benzene rings is 2. The molecule has 0 spiro atoms. The topological polar surface area (TPSA) is 78.4 Å². The molecule has 0 aromatic heterocycles. The Morgan fingerprint density at radius 3 is 2.26 bits per heavy atom. The van der Waals surface area contributed by atoms with Crippen LogP contribution >= 0.6 is 0 Å². The first-order chi connectivity index (χ1) is 10.7. The molecule has 0 bridgehead atoms. The summed E-state index contributed by atoms with van der Waals surface area (Å²) in [6.07, 6.45) is 0.193. The third kappa shape index (κ3) is 4.64. The van der Waals surface area contributed by atoms with E-state index in [4.69, 9.17) is 0 Å². The van der Waals surface area contributed by atoms with Crippen molar-refractivity contribution in [1.29, 1.82) is 0 Å². The lowest BCUT2D eigenvalue weighted by Gasteiger charge is -2.16. The number of rotatable bonds is 5. The first-order valence-electron chi connectivity index (χ1n) is 6.67. The lowest BCUT2D eigenvalue weighted by molar-refractivity contribution is 0.199. The summed E-state index contributed by atoms with van der Waals surface area (Å²) in [5, 5.41) is 12.3. The summed E-state index contributed by atoms with van der Waals surface area (Å²) in [6.45, 7) is 1.54. The highest BCUT2D eigenvalue weighted by Gasteiger charge is 2.13. The summed E-state index contributed by atoms with van der Waals surface area (Å²) in [6, 6.07) is 7.47. The first kappa shape index (κ1) is 17.2. The van der Waals surface area contributed by atoms with Crippen molar-refractivity contribution in [2.75, 3.05) is 16.3 Å². The SMILES string of the molecule is CC(O)c1ccc(NS(C)(=O)=O)c(Nc2ccc(F)cc2F)c1. The van der Waals surface area contributed by atoms with Crippen molar-refractivity contribution < 1.29 is 22.3 Å². The van der Waals surface area contributed by atoms with E-state index in [9.17, 15) is 22.3 Å². The van der Waals surface area contributed by atoms with Gasteiger partial charge in [-0.25, -0.2) is 17.2 Å². The van der Waals surface area contributed by atoms with Crippen LogP contribution in [0.25, 0.3) is 0 Å². The van der Waals surface area contributed by atoms with E-state index in [1.54, 1.807) is 13.0 Å². The minimum atomic E-state index is -3.55. The van der Waals surface area contributed by atoms with Crippen LogP contribution in [0, 0.1) is 11.6 Å². The zero-order valence-electron chi connectivity index (χ0n) is 12.5. The van der Waals surface area contributed by atoms with Crippen LogP contribution in [0.2, 0.25) is 0 Å². The molecule has 8 heteroatoms. The fourth-order valence-electron chi connectivity index (χ4n) is 1.95. The molecule has 0 fully saturated rings. The molecule has 124 valence electrons. The molecule has 0 heterocycles. The van der Waals surface area contributed by atoms with Crippen LogP contribution in [0.15, 0.2) is 36.4 Å². The van der Waals surface area contributed by atoms with E-state index in [1.807, 2.05) is 0 Å². The lowest BCUT2D eigenvalue weighted by atomic mass is 10.1. The fraction of sp³-hybridized carbons (Fsp3) is 0.200. The van der Waals surface area contributed by atoms with E-state index in [1.165, 1.54) is 18.2 Å². The van der Waals surface area contributed by atoms with E-state index in [0.29, 0.717) is 11.6 Å². The highest BCUT2D eigenvalue weighted by molar-refractivity contribution is 7.92. The van der Waals surface area contributed by atoms with E-state index >= 15 is 0 Å². The quantitative estimate of drug-likeness (QED) is 0.780. The molecule has 0 aliphatic heterocycles. The van der Waals surface area contributed by atoms with Gasteiger partial charge in [0, 0.05) is 6.07 Å². The highest BCUT2D eigenvalue weighted by atomic mass is 32.2. The molecule has 0 amide bonds. The van der Waals surface area contributed by atoms with Crippen LogP contribution in [0.3, 0.4) is 0 Å². The maximum absolute atomic E-state index is 13.8. The minimum absolute atomic E-state index is 0.0225. The van der Waals surface area contributed by atoms with Gasteiger partial charge >= 0.3 is 0 Å². The van der Waals surface area contributed by atoms with Gasteiger partial charge in [-0.15, -0.1) is 0 Å². The summed E-state index contributed by atoms with van der Waals surface area (Å²) >= 11 is 0. The lowest BCUT2D eigenvalue weighted by Crippen LogP contribution is -2.11. The largest absolute Gasteiger partial charge is 0.389 e. The Balaban J connectivity index is 2.46. The van der Waals surface area contributed by atoms with Crippen LogP contribution in [-0.4, -0.2) is 19.8 Å². The van der Waals surface area contributed by atoms with Crippen LogP contribution < -0.4 is 10.0 Å². The number of aliphatic hydroxyl groups excluding tert-OH is 1. The summed E-state index contributed by atoms with van der Waals surface area (Å²) in [5.41, 5.74) is 0.903. The number of nitrogens with one attached hydrogen (secondary N) is 2. The molecule has 0 radical (unpaired) electrons. The number of anilines is 3. The summed E-state index contributed by atoms with van der Waals surface area (Å²) in [4.78, 5) is 0. The van der Waals surface area contributed by atoms with Gasteiger partial charge in [-0.3, -0.25) is 4.72 Å². The predicted molar refractivity (Wildman–Crippen MR) is 85.2 cm³/mol. The third-order valence-corrected chi connectivity index (χ3v) is 3.61. The maximum Gasteiger partial charge on any atom is 0.229 e. The summed E-state index contributed by atoms with van der Waals surface area (Å²) in [5.74, 6) is -1.54. The minimum Gasteiger partial charge on any atom is -0.389 e. The van der Waals surface area contributed by atoms with Crippen LogP contribution in [0.1, 0.15) is 18.6 Å². The van der Waals surface area contributed by atoms with Crippen LogP contribution in [0.4, 0.5) is 25.8 Å². The number of sulfonamides is 1. The molecule has 0 aliphatic carbocycles. The molecular weight excluding hydrogens is 326 g/mol.